The van der Waals surface area contributed by atoms with Gasteiger partial charge in [-0.1, -0.05) is 37.6 Å². The molecule has 3 aromatic rings. The van der Waals surface area contributed by atoms with E-state index in [-0.39, 0.29) is 17.9 Å². The van der Waals surface area contributed by atoms with Crippen molar-refractivity contribution in [2.45, 2.75) is 26.8 Å². The summed E-state index contributed by atoms with van der Waals surface area (Å²) < 4.78 is 1.83. The molecule has 0 saturated carbocycles. The minimum Gasteiger partial charge on any atom is -0.335 e. The van der Waals surface area contributed by atoms with E-state index in [9.17, 15) is 10.1 Å². The summed E-state index contributed by atoms with van der Waals surface area (Å²) in [5.41, 5.74) is 1.68. The van der Waals surface area contributed by atoms with Gasteiger partial charge >= 0.3 is 0 Å². The molecule has 3 heterocycles. The predicted molar refractivity (Wildman–Crippen MR) is 120 cm³/mol. The van der Waals surface area contributed by atoms with Crippen LogP contribution < -0.4 is 0 Å². The molecule has 1 aliphatic rings. The Balaban J connectivity index is 1.56. The third-order valence-corrected chi connectivity index (χ3v) is 7.01. The Hall–Kier alpha value is -2.40. The number of halogens is 1. The number of amides is 1. The van der Waals surface area contributed by atoms with E-state index in [1.807, 2.05) is 46.8 Å². The van der Waals surface area contributed by atoms with Crippen LogP contribution >= 0.6 is 22.9 Å². The van der Waals surface area contributed by atoms with E-state index in [2.05, 4.69) is 29.9 Å². The van der Waals surface area contributed by atoms with Gasteiger partial charge in [-0.15, -0.1) is 11.3 Å². The van der Waals surface area contributed by atoms with Gasteiger partial charge in [-0.05, 0) is 31.0 Å². The SMILES string of the molecule is Cc1nn(-c2ccccc2Cl)c2sc(C(=O)N3CCN(C(C#N)C(C)C)CC3)cc12. The molecule has 30 heavy (non-hydrogen) atoms. The zero-order valence-electron chi connectivity index (χ0n) is 17.3. The van der Waals surface area contributed by atoms with Gasteiger partial charge in [0, 0.05) is 31.6 Å². The maximum absolute atomic E-state index is 13.2. The number of aryl methyl sites for hydroxylation is 1. The van der Waals surface area contributed by atoms with Crippen LogP contribution in [-0.2, 0) is 0 Å². The number of hydrogen-bond donors (Lipinski definition) is 0. The number of benzene rings is 1. The van der Waals surface area contributed by atoms with E-state index >= 15 is 0 Å². The van der Waals surface area contributed by atoms with Crippen LogP contribution in [0.25, 0.3) is 15.9 Å². The Labute approximate surface area is 185 Å². The zero-order valence-corrected chi connectivity index (χ0v) is 18.9. The molecule has 0 radical (unpaired) electrons. The highest BCUT2D eigenvalue weighted by Gasteiger charge is 2.29. The molecule has 4 rings (SSSR count). The zero-order chi connectivity index (χ0) is 21.4. The summed E-state index contributed by atoms with van der Waals surface area (Å²) in [4.78, 5) is 18.9. The summed E-state index contributed by atoms with van der Waals surface area (Å²) in [7, 11) is 0. The van der Waals surface area contributed by atoms with Crippen molar-refractivity contribution in [2.75, 3.05) is 26.2 Å². The fourth-order valence-corrected chi connectivity index (χ4v) is 5.31. The van der Waals surface area contributed by atoms with Gasteiger partial charge in [0.2, 0.25) is 0 Å². The van der Waals surface area contributed by atoms with E-state index in [1.165, 1.54) is 11.3 Å². The molecule has 1 saturated heterocycles. The number of piperazine rings is 1. The summed E-state index contributed by atoms with van der Waals surface area (Å²) in [6.07, 6.45) is 0. The Morgan fingerprint density at radius 1 is 1.23 bits per heavy atom. The number of fused-ring (bicyclic) bond motifs is 1. The van der Waals surface area contributed by atoms with Crippen LogP contribution in [0, 0.1) is 24.2 Å². The molecule has 1 aromatic carbocycles. The number of carbonyl (C=O) groups is 1. The summed E-state index contributed by atoms with van der Waals surface area (Å²) in [6, 6.07) is 11.8. The van der Waals surface area contributed by atoms with E-state index in [0.717, 1.165) is 34.7 Å². The monoisotopic (exact) mass is 441 g/mol. The molecule has 0 spiro atoms. The molecule has 1 aliphatic heterocycles. The van der Waals surface area contributed by atoms with Crippen molar-refractivity contribution < 1.29 is 4.79 Å². The van der Waals surface area contributed by atoms with Gasteiger partial charge in [0.05, 0.1) is 27.4 Å². The molecular weight excluding hydrogens is 418 g/mol. The van der Waals surface area contributed by atoms with Gasteiger partial charge in [0.15, 0.2) is 0 Å². The van der Waals surface area contributed by atoms with Crippen molar-refractivity contribution in [1.29, 1.82) is 5.26 Å². The molecule has 1 unspecified atom stereocenters. The second-order valence-electron chi connectivity index (χ2n) is 7.92. The lowest BCUT2D eigenvalue weighted by Gasteiger charge is -2.38. The fraction of sp³-hybridized carbons (Fsp3) is 0.409. The molecule has 156 valence electrons. The first kappa shape index (κ1) is 20.9. The maximum atomic E-state index is 13.2. The largest absolute Gasteiger partial charge is 0.335 e. The third-order valence-electron chi connectivity index (χ3n) is 5.59. The normalized spacial score (nSPS) is 16.2. The number of nitrogens with zero attached hydrogens (tertiary/aromatic N) is 5. The number of rotatable bonds is 4. The van der Waals surface area contributed by atoms with Crippen molar-refractivity contribution in [3.63, 3.8) is 0 Å². The molecule has 0 aliphatic carbocycles. The number of hydrogen-bond acceptors (Lipinski definition) is 5. The van der Waals surface area contributed by atoms with E-state index in [4.69, 9.17) is 11.6 Å². The predicted octanol–water partition coefficient (Wildman–Crippen LogP) is 4.35. The highest BCUT2D eigenvalue weighted by atomic mass is 35.5. The smallest absolute Gasteiger partial charge is 0.264 e. The molecule has 0 bridgehead atoms. The summed E-state index contributed by atoms with van der Waals surface area (Å²) in [5.74, 6) is 0.314. The van der Waals surface area contributed by atoms with Gasteiger partial charge in [-0.25, -0.2) is 4.68 Å². The molecular formula is C22H24ClN5OS. The Kier molecular flexibility index (Phi) is 5.83. The van der Waals surface area contributed by atoms with E-state index < -0.39 is 0 Å². The molecule has 1 fully saturated rings. The summed E-state index contributed by atoms with van der Waals surface area (Å²) in [6.45, 7) is 8.78. The van der Waals surface area contributed by atoms with Crippen molar-refractivity contribution in [3.05, 3.63) is 45.9 Å². The van der Waals surface area contributed by atoms with E-state index in [0.29, 0.717) is 23.0 Å². The molecule has 8 heteroatoms. The quantitative estimate of drug-likeness (QED) is 0.603. The Bertz CT molecular complexity index is 1120. The molecule has 1 amide bonds. The van der Waals surface area contributed by atoms with Gasteiger partial charge in [-0.2, -0.15) is 10.4 Å². The minimum absolute atomic E-state index is 0.0408. The third kappa shape index (κ3) is 3.71. The second kappa shape index (κ2) is 8.38. The average Bonchev–Trinajstić information content (AvgIpc) is 3.29. The van der Waals surface area contributed by atoms with Gasteiger partial charge < -0.3 is 4.90 Å². The number of aromatic nitrogens is 2. The summed E-state index contributed by atoms with van der Waals surface area (Å²) >= 11 is 7.83. The highest BCUT2D eigenvalue weighted by molar-refractivity contribution is 7.20. The maximum Gasteiger partial charge on any atom is 0.264 e. The van der Waals surface area contributed by atoms with Gasteiger partial charge in [0.1, 0.15) is 10.9 Å². The lowest BCUT2D eigenvalue weighted by molar-refractivity contribution is 0.0581. The number of thiophene rings is 1. The first-order chi connectivity index (χ1) is 14.4. The van der Waals surface area contributed by atoms with Gasteiger partial charge in [0.25, 0.3) is 5.91 Å². The summed E-state index contributed by atoms with van der Waals surface area (Å²) in [5, 5.41) is 15.7. The van der Waals surface area contributed by atoms with E-state index in [1.54, 1.807) is 0 Å². The lowest BCUT2D eigenvalue weighted by atomic mass is 10.0. The van der Waals surface area contributed by atoms with Crippen LogP contribution in [0.3, 0.4) is 0 Å². The van der Waals surface area contributed by atoms with Crippen molar-refractivity contribution in [2.24, 2.45) is 5.92 Å². The van der Waals surface area contributed by atoms with Crippen LogP contribution in [0.5, 0.6) is 0 Å². The van der Waals surface area contributed by atoms with Crippen molar-refractivity contribution in [3.8, 4) is 11.8 Å². The van der Waals surface area contributed by atoms with Crippen molar-refractivity contribution >= 4 is 39.1 Å². The molecule has 2 aromatic heterocycles. The molecule has 1 atom stereocenters. The second-order valence-corrected chi connectivity index (χ2v) is 9.36. The van der Waals surface area contributed by atoms with Crippen LogP contribution in [0.4, 0.5) is 0 Å². The van der Waals surface area contributed by atoms with Crippen molar-refractivity contribution in [1.82, 2.24) is 19.6 Å². The Morgan fingerprint density at radius 3 is 2.57 bits per heavy atom. The minimum atomic E-state index is -0.101. The first-order valence-electron chi connectivity index (χ1n) is 10.1. The van der Waals surface area contributed by atoms with Crippen LogP contribution in [0.15, 0.2) is 30.3 Å². The average molecular weight is 442 g/mol. The molecule has 6 nitrogen and oxygen atoms in total. The van der Waals surface area contributed by atoms with Crippen LogP contribution in [-0.4, -0.2) is 57.7 Å². The standard InChI is InChI=1S/C22H24ClN5OS/c1-14(2)19(13-24)26-8-10-27(11-9-26)21(29)20-12-16-15(3)25-28(22(16)30-20)18-7-5-4-6-17(18)23/h4-7,12,14,19H,8-11H2,1-3H3. The van der Waals surface area contributed by atoms with Gasteiger partial charge in [-0.3, -0.25) is 9.69 Å². The van der Waals surface area contributed by atoms with Crippen LogP contribution in [0.1, 0.15) is 29.2 Å². The number of carbonyl (C=O) groups excluding carboxylic acids is 1. The lowest BCUT2D eigenvalue weighted by Crippen LogP contribution is -2.52. The topological polar surface area (TPSA) is 65.2 Å². The fourth-order valence-electron chi connectivity index (χ4n) is 3.95. The highest BCUT2D eigenvalue weighted by Crippen LogP contribution is 2.33. The van der Waals surface area contributed by atoms with Crippen LogP contribution in [0.2, 0.25) is 5.02 Å². The molecule has 0 N–H and O–H groups in total. The number of para-hydroxylation sites is 1. The Morgan fingerprint density at radius 2 is 1.93 bits per heavy atom. The number of nitriles is 1. The first-order valence-corrected chi connectivity index (χ1v) is 11.3.